The summed E-state index contributed by atoms with van der Waals surface area (Å²) in [5.41, 5.74) is 2.17. The van der Waals surface area contributed by atoms with Crippen LogP contribution in [0.5, 0.6) is 11.6 Å². The summed E-state index contributed by atoms with van der Waals surface area (Å²) in [5.74, 6) is 0.210. The predicted molar refractivity (Wildman–Crippen MR) is 245 cm³/mol. The van der Waals surface area contributed by atoms with Gasteiger partial charge in [-0.1, -0.05) is 38.1 Å². The summed E-state index contributed by atoms with van der Waals surface area (Å²) in [6, 6.07) is 17.1. The molecule has 1 spiro atoms. The monoisotopic (exact) mass is 907 g/mol. The third kappa shape index (κ3) is 9.53. The maximum absolute atomic E-state index is 13.9. The molecular weight excluding hydrogens is 851 g/mol. The topological polar surface area (TPSA) is 218 Å². The van der Waals surface area contributed by atoms with E-state index in [4.69, 9.17) is 14.5 Å². The molecular formula is C47H57N9O8S. The van der Waals surface area contributed by atoms with Crippen molar-refractivity contribution in [2.75, 3.05) is 49.6 Å². The smallest absolute Gasteiger partial charge is 0.312 e. The number of piperidine rings is 1. The largest absolute Gasteiger partial charge is 0.436 e. The number of morpholine rings is 1. The first-order valence-corrected chi connectivity index (χ1v) is 24.1. The van der Waals surface area contributed by atoms with E-state index in [0.29, 0.717) is 49.4 Å². The van der Waals surface area contributed by atoms with Gasteiger partial charge >= 0.3 is 5.69 Å². The molecule has 1 amide bonds. The number of ether oxygens (including phenoxy) is 2. The summed E-state index contributed by atoms with van der Waals surface area (Å²) in [5, 5.41) is 26.2. The number of rotatable bonds is 13. The van der Waals surface area contributed by atoms with Crippen LogP contribution in [0.2, 0.25) is 0 Å². The summed E-state index contributed by atoms with van der Waals surface area (Å²) in [6.07, 6.45) is 11.1. The van der Waals surface area contributed by atoms with Crippen LogP contribution in [0.25, 0.3) is 11.0 Å². The van der Waals surface area contributed by atoms with Gasteiger partial charge < -0.3 is 29.8 Å². The van der Waals surface area contributed by atoms with Crippen LogP contribution in [0.3, 0.4) is 0 Å². The number of carbonyl (C=O) groups excluding carboxylic acids is 1. The van der Waals surface area contributed by atoms with Gasteiger partial charge in [0.15, 0.2) is 0 Å². The lowest BCUT2D eigenvalue weighted by atomic mass is 9.59. The summed E-state index contributed by atoms with van der Waals surface area (Å²) in [4.78, 5) is 46.0. The minimum absolute atomic E-state index is 0.0872. The summed E-state index contributed by atoms with van der Waals surface area (Å²) in [6.45, 7) is 10.5. The highest BCUT2D eigenvalue weighted by Gasteiger charge is 2.50. The Morgan fingerprint density at radius 2 is 1.82 bits per heavy atom. The van der Waals surface area contributed by atoms with Crippen LogP contribution < -0.4 is 19.7 Å². The number of fused-ring (bicyclic) bond motifs is 1. The number of nitro groups is 1. The first kappa shape index (κ1) is 44.5. The average Bonchev–Trinajstić information content (AvgIpc) is 3.76. The van der Waals surface area contributed by atoms with Crippen molar-refractivity contribution in [1.82, 2.24) is 29.6 Å². The van der Waals surface area contributed by atoms with Gasteiger partial charge in [-0.2, -0.15) is 4.98 Å². The average molecular weight is 908 g/mol. The first-order chi connectivity index (χ1) is 31.2. The van der Waals surface area contributed by atoms with E-state index in [9.17, 15) is 28.4 Å². The summed E-state index contributed by atoms with van der Waals surface area (Å²) < 4.78 is 41.7. The van der Waals surface area contributed by atoms with Crippen LogP contribution in [0.4, 0.5) is 17.3 Å². The fourth-order valence-corrected chi connectivity index (χ4v) is 11.2. The Labute approximate surface area is 378 Å². The molecule has 0 unspecified atom stereocenters. The standard InChI is InChI=1S/C47H57N9O8S/c1-30(2)36-6-4-5-7-37(36)40-29-63-21-20-55(40)33-24-47(25-33)15-18-54(19-16-47)41-9-8-38(45(52-41)64-34-22-32-12-17-48-42(32)50-27-34)44(57)53-65(61,62)35-23-39(56(59)60)43(51-28-35)49-26-31-10-13-46(3,58)14-11-31/h4-9,12,17,22-23,27-28,30-31,33,40,58H,10-11,13-16,18-21,24-26,29H2,1-3H3,(H,48,50)(H,49,51)(H,53,57)/t31-,40-,46-/m0/s1. The highest BCUT2D eigenvalue weighted by molar-refractivity contribution is 7.90. The molecule has 1 atom stereocenters. The van der Waals surface area contributed by atoms with Crippen molar-refractivity contribution >= 4 is 44.3 Å². The number of amides is 1. The van der Waals surface area contributed by atoms with E-state index in [-0.39, 0.29) is 40.4 Å². The van der Waals surface area contributed by atoms with Crippen molar-refractivity contribution in [3.63, 3.8) is 0 Å². The van der Waals surface area contributed by atoms with Crippen molar-refractivity contribution in [3.05, 3.63) is 100.0 Å². The Balaban J connectivity index is 0.898. The number of nitrogens with one attached hydrogen (secondary N) is 3. The second-order valence-corrected chi connectivity index (χ2v) is 20.6. The maximum Gasteiger partial charge on any atom is 0.312 e. The number of carbonyl (C=O) groups is 1. The minimum atomic E-state index is -4.66. The van der Waals surface area contributed by atoms with Crippen molar-refractivity contribution < 1.29 is 32.7 Å². The van der Waals surface area contributed by atoms with Crippen molar-refractivity contribution in [2.24, 2.45) is 11.3 Å². The second-order valence-electron chi connectivity index (χ2n) is 18.9. The molecule has 17 nitrogen and oxygen atoms in total. The quantitative estimate of drug-likeness (QED) is 0.0666. The van der Waals surface area contributed by atoms with Gasteiger partial charge in [0.1, 0.15) is 27.7 Å². The van der Waals surface area contributed by atoms with E-state index in [1.807, 2.05) is 6.07 Å². The molecule has 4 fully saturated rings. The molecule has 2 aliphatic carbocycles. The lowest BCUT2D eigenvalue weighted by Crippen LogP contribution is -2.58. The van der Waals surface area contributed by atoms with Crippen LogP contribution in [-0.4, -0.2) is 100 Å². The number of sulfonamides is 1. The molecule has 9 rings (SSSR count). The summed E-state index contributed by atoms with van der Waals surface area (Å²) >= 11 is 0. The number of aliphatic hydroxyl groups is 1. The number of aromatic nitrogens is 4. The molecule has 6 heterocycles. The third-order valence-corrected chi connectivity index (χ3v) is 15.4. The van der Waals surface area contributed by atoms with Gasteiger partial charge in [0, 0.05) is 49.9 Å². The van der Waals surface area contributed by atoms with E-state index in [2.05, 4.69) is 72.9 Å². The first-order valence-electron chi connectivity index (χ1n) is 22.6. The van der Waals surface area contributed by atoms with Gasteiger partial charge in [0.2, 0.25) is 11.7 Å². The lowest BCUT2D eigenvalue weighted by molar-refractivity contribution is -0.384. The van der Waals surface area contributed by atoms with Crippen LogP contribution in [0.1, 0.15) is 106 Å². The fraction of sp³-hybridized carbons (Fsp3) is 0.489. The normalized spacial score (nSPS) is 22.8. The lowest BCUT2D eigenvalue weighted by Gasteiger charge is -2.57. The highest BCUT2D eigenvalue weighted by Crippen LogP contribution is 2.53. The molecule has 1 aromatic carbocycles. The molecule has 0 bridgehead atoms. The van der Waals surface area contributed by atoms with Gasteiger partial charge in [-0.15, -0.1) is 0 Å². The molecule has 4 aliphatic rings. The fourth-order valence-electron chi connectivity index (χ4n) is 10.2. The van der Waals surface area contributed by atoms with Crippen LogP contribution in [0, 0.1) is 21.4 Å². The predicted octanol–water partition coefficient (Wildman–Crippen LogP) is 7.47. The Hall–Kier alpha value is -5.69. The van der Waals surface area contributed by atoms with Crippen LogP contribution >= 0.6 is 0 Å². The molecule has 0 radical (unpaired) electrons. The van der Waals surface area contributed by atoms with E-state index in [0.717, 1.165) is 82.4 Å². The van der Waals surface area contributed by atoms with Gasteiger partial charge in [-0.25, -0.2) is 23.1 Å². The summed E-state index contributed by atoms with van der Waals surface area (Å²) in [7, 11) is -4.66. The molecule has 4 aromatic heterocycles. The van der Waals surface area contributed by atoms with Crippen LogP contribution in [-0.2, 0) is 14.8 Å². The SMILES string of the molecule is CC(C)c1ccccc1[C@@H]1COCCN1C1CC2(CCN(c3ccc(C(=O)NS(=O)(=O)c4cnc(NC[C@H]5CC[C@](C)(O)CC5)c([N+](=O)[O-])c4)c(Oc4cnc5[nH]ccc5c4)n3)CC2)C1. The Morgan fingerprint density at radius 3 is 2.57 bits per heavy atom. The number of nitrogens with zero attached hydrogens (tertiary/aromatic N) is 6. The van der Waals surface area contributed by atoms with Gasteiger partial charge in [-0.3, -0.25) is 19.8 Å². The van der Waals surface area contributed by atoms with E-state index < -0.39 is 37.0 Å². The number of hydrogen-bond acceptors (Lipinski definition) is 14. The van der Waals surface area contributed by atoms with E-state index in [1.165, 1.54) is 23.4 Å². The Kier molecular flexibility index (Phi) is 12.3. The van der Waals surface area contributed by atoms with Crippen LogP contribution in [0.15, 0.2) is 78.1 Å². The van der Waals surface area contributed by atoms with Gasteiger partial charge in [-0.05, 0) is 111 Å². The maximum atomic E-state index is 13.9. The third-order valence-electron chi connectivity index (χ3n) is 14.1. The molecule has 344 valence electrons. The zero-order chi connectivity index (χ0) is 45.5. The number of pyridine rings is 3. The minimum Gasteiger partial charge on any atom is -0.436 e. The zero-order valence-electron chi connectivity index (χ0n) is 37.0. The Bertz CT molecular complexity index is 2660. The molecule has 4 N–H and O–H groups in total. The molecule has 2 saturated heterocycles. The highest BCUT2D eigenvalue weighted by atomic mass is 32.2. The van der Waals surface area contributed by atoms with E-state index in [1.54, 1.807) is 25.3 Å². The van der Waals surface area contributed by atoms with E-state index >= 15 is 0 Å². The molecule has 2 saturated carbocycles. The number of benzene rings is 1. The van der Waals surface area contributed by atoms with Gasteiger partial charge in [0.25, 0.3) is 15.9 Å². The second kappa shape index (κ2) is 17.9. The molecule has 18 heteroatoms. The molecule has 65 heavy (non-hydrogen) atoms. The Morgan fingerprint density at radius 1 is 1.05 bits per heavy atom. The zero-order valence-corrected chi connectivity index (χ0v) is 37.9. The van der Waals surface area contributed by atoms with Crippen molar-refractivity contribution in [2.45, 2.75) is 101 Å². The van der Waals surface area contributed by atoms with Gasteiger partial charge in [0.05, 0.1) is 42.2 Å². The molecule has 2 aliphatic heterocycles. The number of anilines is 2. The van der Waals surface area contributed by atoms with Crippen molar-refractivity contribution in [3.8, 4) is 11.6 Å². The number of hydrogen-bond donors (Lipinski definition) is 4. The van der Waals surface area contributed by atoms with Crippen molar-refractivity contribution in [1.29, 1.82) is 0 Å². The number of H-pyrrole nitrogens is 1. The number of aromatic amines is 1. The molecule has 5 aromatic rings.